The zero-order chi connectivity index (χ0) is 30.0. The Bertz CT molecular complexity index is 1410. The lowest BCUT2D eigenvalue weighted by Crippen LogP contribution is -2.52. The fourth-order valence-electron chi connectivity index (χ4n) is 7.30. The van der Waals surface area contributed by atoms with Gasteiger partial charge in [-0.1, -0.05) is 24.3 Å². The number of hydrogen-bond acceptors (Lipinski definition) is 7. The minimum atomic E-state index is -0.254. The Labute approximate surface area is 255 Å². The van der Waals surface area contributed by atoms with Gasteiger partial charge in [0.25, 0.3) is 0 Å². The van der Waals surface area contributed by atoms with Crippen molar-refractivity contribution in [3.8, 4) is 11.1 Å². The number of rotatable bonds is 9. The van der Waals surface area contributed by atoms with E-state index in [1.807, 2.05) is 31.1 Å². The molecule has 1 amide bonds. The quantitative estimate of drug-likeness (QED) is 0.347. The van der Waals surface area contributed by atoms with Crippen LogP contribution in [0, 0.1) is 11.8 Å². The van der Waals surface area contributed by atoms with Gasteiger partial charge in [-0.2, -0.15) is 5.10 Å². The third kappa shape index (κ3) is 5.95. The van der Waals surface area contributed by atoms with Gasteiger partial charge in [-0.3, -0.25) is 9.69 Å². The van der Waals surface area contributed by atoms with Gasteiger partial charge in [-0.25, -0.2) is 4.52 Å². The van der Waals surface area contributed by atoms with Crippen molar-refractivity contribution in [2.24, 2.45) is 16.8 Å². The van der Waals surface area contributed by atoms with Crippen LogP contribution in [0.5, 0.6) is 0 Å². The molecule has 0 spiro atoms. The molecule has 9 nitrogen and oxygen atoms in total. The maximum Gasteiger partial charge on any atom is 0.225 e. The van der Waals surface area contributed by atoms with Gasteiger partial charge in [0.15, 0.2) is 0 Å². The van der Waals surface area contributed by atoms with Crippen LogP contribution in [0.15, 0.2) is 53.8 Å². The second-order valence-corrected chi connectivity index (χ2v) is 12.5. The number of benzene rings is 1. The molecule has 6 rings (SSSR count). The Hall–Kier alpha value is -3.27. The minimum absolute atomic E-state index is 0.165. The van der Waals surface area contributed by atoms with Crippen LogP contribution in [0.4, 0.5) is 5.69 Å². The predicted octanol–water partition coefficient (Wildman–Crippen LogP) is 4.35. The number of amides is 1. The molecule has 0 radical (unpaired) electrons. The van der Waals surface area contributed by atoms with Gasteiger partial charge < -0.3 is 24.3 Å². The summed E-state index contributed by atoms with van der Waals surface area (Å²) in [6.45, 7) is 8.15. The van der Waals surface area contributed by atoms with Gasteiger partial charge in [-0.05, 0) is 61.8 Å². The first-order valence-corrected chi connectivity index (χ1v) is 15.8. The lowest BCUT2D eigenvalue weighted by Gasteiger charge is -2.43. The van der Waals surface area contributed by atoms with Crippen molar-refractivity contribution >= 4 is 23.3 Å². The Morgan fingerprint density at radius 2 is 1.77 bits per heavy atom. The molecule has 0 bridgehead atoms. The number of methoxy groups -OCH3 is 2. The minimum Gasteiger partial charge on any atom is -0.383 e. The van der Waals surface area contributed by atoms with E-state index in [-0.39, 0.29) is 11.5 Å². The highest BCUT2D eigenvalue weighted by Gasteiger charge is 2.38. The molecule has 1 saturated carbocycles. The molecule has 230 valence electrons. The fraction of sp³-hybridized carbons (Fsp3) is 0.559. The molecule has 0 N–H and O–H groups in total. The first-order valence-electron chi connectivity index (χ1n) is 15.8. The summed E-state index contributed by atoms with van der Waals surface area (Å²) in [6.07, 6.45) is 9.79. The van der Waals surface area contributed by atoms with Gasteiger partial charge >= 0.3 is 0 Å². The van der Waals surface area contributed by atoms with Crippen LogP contribution in [0.1, 0.15) is 38.2 Å². The van der Waals surface area contributed by atoms with Crippen molar-refractivity contribution in [3.63, 3.8) is 0 Å². The Morgan fingerprint density at radius 1 is 1.05 bits per heavy atom. The summed E-state index contributed by atoms with van der Waals surface area (Å²) in [6, 6.07) is 13.7. The number of aliphatic imine (C=N–C) groups is 1. The monoisotopic (exact) mass is 586 g/mol. The predicted molar refractivity (Wildman–Crippen MR) is 171 cm³/mol. The smallest absolute Gasteiger partial charge is 0.225 e. The van der Waals surface area contributed by atoms with Crippen LogP contribution in [0.2, 0.25) is 0 Å². The van der Waals surface area contributed by atoms with Crippen molar-refractivity contribution in [1.82, 2.24) is 19.4 Å². The van der Waals surface area contributed by atoms with Gasteiger partial charge in [0.05, 0.1) is 23.4 Å². The standard InChI is InChI=1S/C34H46N6O3/c1-25(24-42-3)37-13-10-34(43-4,11-14-37)30-7-5-27(6-8-30)29-21-32-31(9-12-36-40(32)23-29)38-15-17-39(18-16-38)33(41)28-19-26(20-28)22-35-2/h5-9,12,21-23,25-26,28H,10-11,13-20,24H2,1-4H3/t25-,26-,28-/m0/s1. The van der Waals surface area contributed by atoms with Crippen LogP contribution >= 0.6 is 0 Å². The number of fused-ring (bicyclic) bond motifs is 1. The summed E-state index contributed by atoms with van der Waals surface area (Å²) in [4.78, 5) is 24.1. The van der Waals surface area contributed by atoms with E-state index >= 15 is 0 Å². The third-order valence-electron chi connectivity index (χ3n) is 10.1. The van der Waals surface area contributed by atoms with E-state index in [4.69, 9.17) is 9.47 Å². The number of ether oxygens (including phenoxy) is 2. The Balaban J connectivity index is 1.12. The number of nitrogens with zero attached hydrogens (tertiary/aromatic N) is 6. The number of carbonyl (C=O) groups excluding carboxylic acids is 1. The maximum absolute atomic E-state index is 13.0. The van der Waals surface area contributed by atoms with Crippen LogP contribution in [0.3, 0.4) is 0 Å². The summed E-state index contributed by atoms with van der Waals surface area (Å²) in [5, 5.41) is 4.62. The SMILES string of the molecule is CN=C[C@H]1C[C@H](C(=O)N2CCN(c3ccnn4cc(-c5ccc(C6(OC)CCN([C@@H](C)COC)CC6)cc5)cc34)CC2)C1. The molecule has 3 aliphatic rings. The molecule has 2 aliphatic heterocycles. The molecule has 4 heterocycles. The number of carbonyl (C=O) groups is 1. The summed E-state index contributed by atoms with van der Waals surface area (Å²) in [5.74, 6) is 0.952. The molecule has 2 saturated heterocycles. The van der Waals surface area contributed by atoms with E-state index in [2.05, 4.69) is 74.3 Å². The van der Waals surface area contributed by atoms with Crippen LogP contribution < -0.4 is 4.90 Å². The van der Waals surface area contributed by atoms with E-state index in [0.717, 1.165) is 82.6 Å². The normalized spacial score (nSPS) is 23.5. The van der Waals surface area contributed by atoms with E-state index in [1.54, 1.807) is 7.11 Å². The molecule has 1 atom stereocenters. The average molecular weight is 587 g/mol. The third-order valence-corrected chi connectivity index (χ3v) is 10.1. The highest BCUT2D eigenvalue weighted by molar-refractivity contribution is 5.83. The first kappa shape index (κ1) is 29.8. The highest BCUT2D eigenvalue weighted by atomic mass is 16.5. The van der Waals surface area contributed by atoms with E-state index in [9.17, 15) is 4.79 Å². The zero-order valence-electron chi connectivity index (χ0n) is 26.1. The largest absolute Gasteiger partial charge is 0.383 e. The van der Waals surface area contributed by atoms with Crippen LogP contribution in [-0.2, 0) is 19.9 Å². The Morgan fingerprint density at radius 3 is 2.42 bits per heavy atom. The van der Waals surface area contributed by atoms with E-state index in [0.29, 0.717) is 17.9 Å². The molecule has 1 aliphatic carbocycles. The summed E-state index contributed by atoms with van der Waals surface area (Å²) in [5.41, 5.74) is 5.55. The molecule has 3 fully saturated rings. The lowest BCUT2D eigenvalue weighted by molar-refractivity contribution is -0.139. The topological polar surface area (TPSA) is 74.9 Å². The second-order valence-electron chi connectivity index (χ2n) is 12.5. The Kier molecular flexibility index (Phi) is 8.84. The summed E-state index contributed by atoms with van der Waals surface area (Å²) >= 11 is 0. The number of hydrogen-bond donors (Lipinski definition) is 0. The molecular weight excluding hydrogens is 540 g/mol. The first-order chi connectivity index (χ1) is 20.9. The molecule has 1 aromatic carbocycles. The van der Waals surface area contributed by atoms with Gasteiger partial charge in [-0.15, -0.1) is 0 Å². The van der Waals surface area contributed by atoms with Gasteiger partial charge in [0, 0.05) is 96.7 Å². The van der Waals surface area contributed by atoms with Gasteiger partial charge in [0.1, 0.15) is 0 Å². The van der Waals surface area contributed by atoms with Gasteiger partial charge in [0.2, 0.25) is 5.91 Å². The number of likely N-dealkylation sites (tertiary alicyclic amines) is 1. The maximum atomic E-state index is 13.0. The van der Waals surface area contributed by atoms with E-state index in [1.165, 1.54) is 16.8 Å². The van der Waals surface area contributed by atoms with Crippen LogP contribution in [0.25, 0.3) is 16.6 Å². The van der Waals surface area contributed by atoms with Crippen molar-refractivity contribution < 1.29 is 14.3 Å². The summed E-state index contributed by atoms with van der Waals surface area (Å²) in [7, 11) is 5.42. The average Bonchev–Trinajstić information content (AvgIpc) is 3.47. The fourth-order valence-corrected chi connectivity index (χ4v) is 7.30. The molecule has 9 heteroatoms. The zero-order valence-corrected chi connectivity index (χ0v) is 26.1. The highest BCUT2D eigenvalue weighted by Crippen LogP contribution is 2.38. The van der Waals surface area contributed by atoms with Crippen molar-refractivity contribution in [3.05, 3.63) is 54.4 Å². The van der Waals surface area contributed by atoms with Crippen LogP contribution in [-0.4, -0.2) is 105 Å². The van der Waals surface area contributed by atoms with Crippen molar-refractivity contribution in [2.45, 2.75) is 44.2 Å². The molecule has 43 heavy (non-hydrogen) atoms. The molecule has 3 aromatic rings. The number of anilines is 1. The number of piperazine rings is 1. The molecule has 0 unspecified atom stereocenters. The molecular formula is C34H46N6O3. The van der Waals surface area contributed by atoms with E-state index < -0.39 is 0 Å². The van der Waals surface area contributed by atoms with Crippen molar-refractivity contribution in [2.75, 3.05) is 72.0 Å². The summed E-state index contributed by atoms with van der Waals surface area (Å²) < 4.78 is 13.5. The number of aromatic nitrogens is 2. The number of piperidine rings is 1. The van der Waals surface area contributed by atoms with Crippen molar-refractivity contribution in [1.29, 1.82) is 0 Å². The second kappa shape index (κ2) is 12.8. The molecule has 2 aromatic heterocycles. The lowest BCUT2D eigenvalue weighted by atomic mass is 9.75.